The van der Waals surface area contributed by atoms with E-state index in [0.29, 0.717) is 27.5 Å². The smallest absolute Gasteiger partial charge is 0.221 e. The molecule has 0 unspecified atom stereocenters. The highest BCUT2D eigenvalue weighted by molar-refractivity contribution is 6.33. The van der Waals surface area contributed by atoms with E-state index in [1.54, 1.807) is 24.3 Å². The molecule has 0 aliphatic rings. The zero-order valence-corrected chi connectivity index (χ0v) is 14.7. The Labute approximate surface area is 156 Å². The van der Waals surface area contributed by atoms with Gasteiger partial charge in [0.15, 0.2) is 0 Å². The van der Waals surface area contributed by atoms with E-state index in [9.17, 15) is 10.1 Å². The standard InChI is InChI=1S/C20H15ClN4O/c1-12(26)24-14-8-6-13(7-9-14)16-10-19(25-20(23)17(16)11-22)15-4-2-3-5-18(15)21/h2-10H,1H3,(H2,23,25)(H,24,26). The number of aromatic nitrogens is 1. The average Bonchev–Trinajstić information content (AvgIpc) is 2.61. The number of anilines is 2. The van der Waals surface area contributed by atoms with E-state index in [1.807, 2.05) is 30.3 Å². The molecule has 0 spiro atoms. The highest BCUT2D eigenvalue weighted by Gasteiger charge is 2.14. The van der Waals surface area contributed by atoms with Gasteiger partial charge in [0.1, 0.15) is 17.5 Å². The van der Waals surface area contributed by atoms with Crippen molar-refractivity contribution >= 4 is 29.0 Å². The van der Waals surface area contributed by atoms with E-state index in [-0.39, 0.29) is 11.7 Å². The zero-order valence-electron chi connectivity index (χ0n) is 14.0. The summed E-state index contributed by atoms with van der Waals surface area (Å²) in [5.74, 6) is -0.00418. The summed E-state index contributed by atoms with van der Waals surface area (Å²) in [4.78, 5) is 15.5. The molecule has 1 amide bonds. The van der Waals surface area contributed by atoms with Crippen molar-refractivity contribution in [2.45, 2.75) is 6.92 Å². The van der Waals surface area contributed by atoms with Crippen LogP contribution in [0.3, 0.4) is 0 Å². The van der Waals surface area contributed by atoms with Crippen LogP contribution in [-0.4, -0.2) is 10.9 Å². The molecule has 0 saturated carbocycles. The van der Waals surface area contributed by atoms with Crippen LogP contribution in [0.1, 0.15) is 12.5 Å². The second-order valence-corrected chi connectivity index (χ2v) is 6.07. The summed E-state index contributed by atoms with van der Waals surface area (Å²) in [6.07, 6.45) is 0. The molecule has 3 N–H and O–H groups in total. The van der Waals surface area contributed by atoms with Gasteiger partial charge >= 0.3 is 0 Å². The number of benzene rings is 2. The largest absolute Gasteiger partial charge is 0.383 e. The summed E-state index contributed by atoms with van der Waals surface area (Å²) in [7, 11) is 0. The highest BCUT2D eigenvalue weighted by atomic mass is 35.5. The first-order valence-electron chi connectivity index (χ1n) is 7.83. The lowest BCUT2D eigenvalue weighted by molar-refractivity contribution is -0.114. The molecule has 3 aromatic rings. The number of nitriles is 1. The number of pyridine rings is 1. The lowest BCUT2D eigenvalue weighted by atomic mass is 9.98. The second kappa shape index (κ2) is 7.26. The molecular weight excluding hydrogens is 348 g/mol. The molecule has 0 aliphatic carbocycles. The first-order chi connectivity index (χ1) is 12.5. The molecule has 0 radical (unpaired) electrons. The molecule has 128 valence electrons. The Kier molecular flexibility index (Phi) is 4.87. The van der Waals surface area contributed by atoms with Gasteiger partial charge in [0.25, 0.3) is 0 Å². The third-order valence-corrected chi connectivity index (χ3v) is 4.15. The van der Waals surface area contributed by atoms with E-state index < -0.39 is 0 Å². The zero-order chi connectivity index (χ0) is 18.7. The van der Waals surface area contributed by atoms with Crippen molar-refractivity contribution in [1.82, 2.24) is 4.98 Å². The number of hydrogen-bond acceptors (Lipinski definition) is 4. The van der Waals surface area contributed by atoms with Crippen LogP contribution in [0.5, 0.6) is 0 Å². The summed E-state index contributed by atoms with van der Waals surface area (Å²) in [6.45, 7) is 1.45. The van der Waals surface area contributed by atoms with E-state index in [1.165, 1.54) is 6.92 Å². The molecule has 1 heterocycles. The molecule has 2 aromatic carbocycles. The molecule has 0 fully saturated rings. The van der Waals surface area contributed by atoms with Gasteiger partial charge in [-0.3, -0.25) is 4.79 Å². The summed E-state index contributed by atoms with van der Waals surface area (Å²) in [5.41, 5.74) is 9.77. The number of halogens is 1. The minimum atomic E-state index is -0.148. The van der Waals surface area contributed by atoms with E-state index in [4.69, 9.17) is 17.3 Å². The molecule has 6 heteroatoms. The molecule has 3 rings (SSSR count). The van der Waals surface area contributed by atoms with Crippen molar-refractivity contribution in [2.75, 3.05) is 11.1 Å². The van der Waals surface area contributed by atoms with Gasteiger partial charge in [-0.05, 0) is 29.8 Å². The Balaban J connectivity index is 2.13. The van der Waals surface area contributed by atoms with Gasteiger partial charge in [0.05, 0.1) is 5.69 Å². The number of nitrogens with zero attached hydrogens (tertiary/aromatic N) is 2. The molecule has 0 aliphatic heterocycles. The van der Waals surface area contributed by atoms with Crippen molar-refractivity contribution in [2.24, 2.45) is 0 Å². The van der Waals surface area contributed by atoms with Crippen LogP contribution in [0, 0.1) is 11.3 Å². The van der Waals surface area contributed by atoms with Crippen molar-refractivity contribution in [3.63, 3.8) is 0 Å². The Morgan fingerprint density at radius 3 is 2.46 bits per heavy atom. The molecule has 0 bridgehead atoms. The molecule has 0 saturated heterocycles. The summed E-state index contributed by atoms with van der Waals surface area (Å²) in [6, 6.07) is 18.4. The molecule has 5 nitrogen and oxygen atoms in total. The van der Waals surface area contributed by atoms with Gasteiger partial charge in [-0.25, -0.2) is 4.98 Å². The third-order valence-electron chi connectivity index (χ3n) is 3.83. The fraction of sp³-hybridized carbons (Fsp3) is 0.0500. The SMILES string of the molecule is CC(=O)Nc1ccc(-c2cc(-c3ccccc3Cl)nc(N)c2C#N)cc1. The number of carbonyl (C=O) groups is 1. The fourth-order valence-corrected chi connectivity index (χ4v) is 2.89. The normalized spacial score (nSPS) is 10.2. The highest BCUT2D eigenvalue weighted by Crippen LogP contribution is 2.34. The number of carbonyl (C=O) groups excluding carboxylic acids is 1. The van der Waals surface area contributed by atoms with Crippen LogP contribution in [-0.2, 0) is 4.79 Å². The van der Waals surface area contributed by atoms with E-state index in [0.717, 1.165) is 11.1 Å². The molecular formula is C20H15ClN4O. The van der Waals surface area contributed by atoms with Crippen molar-refractivity contribution in [3.05, 3.63) is 65.2 Å². The van der Waals surface area contributed by atoms with Crippen molar-refractivity contribution in [3.8, 4) is 28.5 Å². The summed E-state index contributed by atoms with van der Waals surface area (Å²) in [5, 5.41) is 12.8. The summed E-state index contributed by atoms with van der Waals surface area (Å²) >= 11 is 6.27. The number of nitrogens with one attached hydrogen (secondary N) is 1. The predicted octanol–water partition coefficient (Wildman–Crippen LogP) is 4.48. The summed E-state index contributed by atoms with van der Waals surface area (Å²) < 4.78 is 0. The lowest BCUT2D eigenvalue weighted by Gasteiger charge is -2.12. The van der Waals surface area contributed by atoms with Gasteiger partial charge < -0.3 is 11.1 Å². The van der Waals surface area contributed by atoms with E-state index in [2.05, 4.69) is 16.4 Å². The maximum Gasteiger partial charge on any atom is 0.221 e. The van der Waals surface area contributed by atoms with Crippen LogP contribution >= 0.6 is 11.6 Å². The predicted molar refractivity (Wildman–Crippen MR) is 104 cm³/mol. The number of amides is 1. The van der Waals surface area contributed by atoms with Gasteiger partial charge in [0, 0.05) is 28.8 Å². The molecule has 26 heavy (non-hydrogen) atoms. The monoisotopic (exact) mass is 362 g/mol. The minimum Gasteiger partial charge on any atom is -0.383 e. The molecule has 1 aromatic heterocycles. The maximum absolute atomic E-state index is 11.2. The lowest BCUT2D eigenvalue weighted by Crippen LogP contribution is -2.05. The van der Waals surface area contributed by atoms with Crippen LogP contribution in [0.2, 0.25) is 5.02 Å². The van der Waals surface area contributed by atoms with Crippen molar-refractivity contribution in [1.29, 1.82) is 5.26 Å². The topological polar surface area (TPSA) is 91.8 Å². The maximum atomic E-state index is 11.2. The van der Waals surface area contributed by atoms with Crippen LogP contribution in [0.25, 0.3) is 22.4 Å². The number of hydrogen-bond donors (Lipinski definition) is 2. The second-order valence-electron chi connectivity index (χ2n) is 5.67. The van der Waals surface area contributed by atoms with Crippen LogP contribution in [0.4, 0.5) is 11.5 Å². The van der Waals surface area contributed by atoms with E-state index >= 15 is 0 Å². The molecule has 0 atom stereocenters. The van der Waals surface area contributed by atoms with Gasteiger partial charge in [-0.2, -0.15) is 5.26 Å². The Bertz CT molecular complexity index is 1020. The first-order valence-corrected chi connectivity index (χ1v) is 8.21. The van der Waals surface area contributed by atoms with Gasteiger partial charge in [-0.1, -0.05) is 41.9 Å². The Hall–Kier alpha value is -3.36. The quantitative estimate of drug-likeness (QED) is 0.718. The van der Waals surface area contributed by atoms with Gasteiger partial charge in [0.2, 0.25) is 5.91 Å². The number of nitrogen functional groups attached to an aromatic ring is 1. The number of rotatable bonds is 3. The van der Waals surface area contributed by atoms with Gasteiger partial charge in [-0.15, -0.1) is 0 Å². The average molecular weight is 363 g/mol. The first kappa shape index (κ1) is 17.5. The fourth-order valence-electron chi connectivity index (χ4n) is 2.65. The van der Waals surface area contributed by atoms with Crippen molar-refractivity contribution < 1.29 is 4.79 Å². The Morgan fingerprint density at radius 1 is 1.15 bits per heavy atom. The Morgan fingerprint density at radius 2 is 1.85 bits per heavy atom. The van der Waals surface area contributed by atoms with Crippen LogP contribution in [0.15, 0.2) is 54.6 Å². The van der Waals surface area contributed by atoms with Crippen LogP contribution < -0.4 is 11.1 Å². The minimum absolute atomic E-state index is 0.144. The third kappa shape index (κ3) is 3.51. The number of nitrogens with two attached hydrogens (primary N) is 1.